The van der Waals surface area contributed by atoms with Crippen LogP contribution in [0.4, 0.5) is 15.3 Å². The Labute approximate surface area is 85.1 Å². The average molecular weight is 208 g/mol. The van der Waals surface area contributed by atoms with Gasteiger partial charge in [0.05, 0.1) is 5.69 Å². The molecule has 0 saturated carbocycles. The number of hydrogen-bond donors (Lipinski definition) is 1. The van der Waals surface area contributed by atoms with Gasteiger partial charge in [0.15, 0.2) is 0 Å². The van der Waals surface area contributed by atoms with Crippen LogP contribution >= 0.6 is 0 Å². The van der Waals surface area contributed by atoms with Crippen molar-refractivity contribution in [3.05, 3.63) is 29.8 Å². The normalized spacial score (nSPS) is 14.1. The number of hydrogen-bond acceptors (Lipinski definition) is 4. The smallest absolute Gasteiger partial charge is 0.442 e. The molecule has 0 fully saturated rings. The van der Waals surface area contributed by atoms with Gasteiger partial charge in [-0.15, -0.1) is 5.06 Å². The summed E-state index contributed by atoms with van der Waals surface area (Å²) in [6.07, 6.45) is -1.82. The van der Waals surface area contributed by atoms with Gasteiger partial charge < -0.3 is 15.3 Å². The number of rotatable bonds is 1. The number of benzene rings is 1. The number of carbonyl (C=O) groups excluding carboxylic acids is 2. The molecule has 1 aliphatic heterocycles. The predicted molar refractivity (Wildman–Crippen MR) is 49.8 cm³/mol. The Morgan fingerprint density at radius 3 is 2.93 bits per heavy atom. The molecule has 2 N–H and O–H groups in total. The maximum Gasteiger partial charge on any atom is 0.448 e. The Kier molecular flexibility index (Phi) is 2.17. The number of cyclic esters (lactones) is 1. The number of anilines is 1. The third-order valence-corrected chi connectivity index (χ3v) is 1.91. The van der Waals surface area contributed by atoms with Crippen molar-refractivity contribution in [2.24, 2.45) is 5.73 Å². The maximum absolute atomic E-state index is 11.3. The summed E-state index contributed by atoms with van der Waals surface area (Å²) in [5.41, 5.74) is 6.05. The summed E-state index contributed by atoms with van der Waals surface area (Å²) < 4.78 is 4.77. The zero-order chi connectivity index (χ0) is 10.8. The minimum absolute atomic E-state index is 0.160. The molecule has 0 atom stereocenters. The van der Waals surface area contributed by atoms with Gasteiger partial charge in [0.25, 0.3) is 0 Å². The van der Waals surface area contributed by atoms with E-state index in [4.69, 9.17) is 10.5 Å². The van der Waals surface area contributed by atoms with Crippen LogP contribution in [0.5, 0.6) is 0 Å². The van der Waals surface area contributed by atoms with Crippen molar-refractivity contribution in [2.75, 3.05) is 5.06 Å². The van der Waals surface area contributed by atoms with E-state index in [0.29, 0.717) is 5.69 Å². The lowest BCUT2D eigenvalue weighted by atomic mass is 10.2. The second kappa shape index (κ2) is 3.49. The first-order chi connectivity index (χ1) is 7.18. The molecule has 0 aromatic heterocycles. The molecule has 0 spiro atoms. The van der Waals surface area contributed by atoms with Crippen LogP contribution in [0, 0.1) is 0 Å². The summed E-state index contributed by atoms with van der Waals surface area (Å²) in [6, 6.07) is 6.91. The Morgan fingerprint density at radius 2 is 2.20 bits per heavy atom. The lowest BCUT2D eigenvalue weighted by Gasteiger charge is -2.25. The first-order valence-corrected chi connectivity index (χ1v) is 4.20. The highest BCUT2D eigenvalue weighted by atomic mass is 16.8. The molecule has 2 amide bonds. The summed E-state index contributed by atoms with van der Waals surface area (Å²) in [7, 11) is 0. The van der Waals surface area contributed by atoms with E-state index in [2.05, 4.69) is 4.84 Å². The number of ether oxygens (including phenoxy) is 1. The fraction of sp³-hybridized carbons (Fsp3) is 0.111. The zero-order valence-corrected chi connectivity index (χ0v) is 7.67. The number of nitrogens with two attached hydrogens (primary N) is 1. The number of fused-ring (bicyclic) bond motifs is 1. The highest BCUT2D eigenvalue weighted by Crippen LogP contribution is 2.26. The summed E-state index contributed by atoms with van der Waals surface area (Å²) >= 11 is 0. The molecular formula is C9H8N2O4. The third-order valence-electron chi connectivity index (χ3n) is 1.91. The fourth-order valence-corrected chi connectivity index (χ4v) is 1.30. The van der Waals surface area contributed by atoms with Crippen molar-refractivity contribution in [3.63, 3.8) is 0 Å². The van der Waals surface area contributed by atoms with Gasteiger partial charge in [0.1, 0.15) is 6.61 Å². The fourth-order valence-electron chi connectivity index (χ4n) is 1.30. The molecule has 1 aromatic carbocycles. The molecule has 0 radical (unpaired) electrons. The molecule has 2 rings (SSSR count). The highest BCUT2D eigenvalue weighted by Gasteiger charge is 2.28. The van der Waals surface area contributed by atoms with Crippen LogP contribution in [0.25, 0.3) is 0 Å². The number of para-hydroxylation sites is 1. The molecule has 15 heavy (non-hydrogen) atoms. The Hall–Kier alpha value is -2.24. The van der Waals surface area contributed by atoms with Crippen molar-refractivity contribution in [3.8, 4) is 0 Å². The molecule has 0 saturated heterocycles. The lowest BCUT2D eigenvalue weighted by Crippen LogP contribution is -2.39. The molecule has 1 aromatic rings. The Balaban J connectivity index is 2.37. The molecule has 0 unspecified atom stereocenters. The predicted octanol–water partition coefficient (Wildman–Crippen LogP) is 1.15. The molecule has 78 valence electrons. The third kappa shape index (κ3) is 1.69. The van der Waals surface area contributed by atoms with Gasteiger partial charge in [-0.25, -0.2) is 9.59 Å². The largest absolute Gasteiger partial charge is 0.448 e. The van der Waals surface area contributed by atoms with Crippen LogP contribution in [-0.4, -0.2) is 12.2 Å². The van der Waals surface area contributed by atoms with Gasteiger partial charge in [-0.2, -0.15) is 0 Å². The highest BCUT2D eigenvalue weighted by molar-refractivity contribution is 5.90. The van der Waals surface area contributed by atoms with Gasteiger partial charge in [-0.3, -0.25) is 0 Å². The second-order valence-electron chi connectivity index (χ2n) is 2.89. The second-order valence-corrected chi connectivity index (χ2v) is 2.89. The average Bonchev–Trinajstić information content (AvgIpc) is 2.22. The van der Waals surface area contributed by atoms with Gasteiger partial charge in [0, 0.05) is 5.56 Å². The van der Waals surface area contributed by atoms with Crippen LogP contribution in [-0.2, 0) is 16.2 Å². The zero-order valence-electron chi connectivity index (χ0n) is 7.67. The van der Waals surface area contributed by atoms with Crippen molar-refractivity contribution < 1.29 is 19.2 Å². The lowest BCUT2D eigenvalue weighted by molar-refractivity contribution is 0.0892. The molecule has 6 nitrogen and oxygen atoms in total. The van der Waals surface area contributed by atoms with Crippen LogP contribution < -0.4 is 10.8 Å². The van der Waals surface area contributed by atoms with E-state index in [9.17, 15) is 9.59 Å². The van der Waals surface area contributed by atoms with Gasteiger partial charge in [-0.1, -0.05) is 18.2 Å². The van der Waals surface area contributed by atoms with Crippen LogP contribution in [0.1, 0.15) is 5.56 Å². The van der Waals surface area contributed by atoms with Crippen LogP contribution in [0.15, 0.2) is 24.3 Å². The van der Waals surface area contributed by atoms with E-state index in [-0.39, 0.29) is 6.61 Å². The molecule has 1 heterocycles. The summed E-state index contributed by atoms with van der Waals surface area (Å²) in [5, 5.41) is 0.737. The Morgan fingerprint density at radius 1 is 1.47 bits per heavy atom. The molecule has 0 bridgehead atoms. The monoisotopic (exact) mass is 208 g/mol. The van der Waals surface area contributed by atoms with E-state index in [1.807, 2.05) is 0 Å². The SMILES string of the molecule is NC(=O)ON1C(=O)OCc2ccccc21. The number of nitrogens with zero attached hydrogens (tertiary/aromatic N) is 1. The minimum atomic E-state index is -1.07. The number of carbonyl (C=O) groups is 2. The first kappa shape index (κ1) is 9.32. The van der Waals surface area contributed by atoms with Gasteiger partial charge in [0.2, 0.25) is 0 Å². The van der Waals surface area contributed by atoms with Gasteiger partial charge in [-0.05, 0) is 6.07 Å². The summed E-state index contributed by atoms with van der Waals surface area (Å²) in [6.45, 7) is 0.160. The minimum Gasteiger partial charge on any atom is -0.442 e. The summed E-state index contributed by atoms with van der Waals surface area (Å²) in [5.74, 6) is 0. The van der Waals surface area contributed by atoms with Crippen molar-refractivity contribution in [1.82, 2.24) is 0 Å². The first-order valence-electron chi connectivity index (χ1n) is 4.20. The van der Waals surface area contributed by atoms with Crippen LogP contribution in [0.3, 0.4) is 0 Å². The standard InChI is InChI=1S/C9H8N2O4/c10-8(12)15-11-7-4-2-1-3-6(7)5-14-9(11)13/h1-4H,5H2,(H2,10,12). The number of primary amides is 1. The van der Waals surface area contributed by atoms with E-state index < -0.39 is 12.2 Å². The van der Waals surface area contributed by atoms with E-state index in [1.165, 1.54) is 0 Å². The Bertz CT molecular complexity index is 418. The van der Waals surface area contributed by atoms with Crippen LogP contribution in [0.2, 0.25) is 0 Å². The number of hydroxylamine groups is 1. The molecule has 0 aliphatic carbocycles. The molecule has 1 aliphatic rings. The van der Waals surface area contributed by atoms with E-state index in [1.54, 1.807) is 24.3 Å². The van der Waals surface area contributed by atoms with Gasteiger partial charge >= 0.3 is 12.2 Å². The van der Waals surface area contributed by atoms with E-state index >= 15 is 0 Å². The van der Waals surface area contributed by atoms with Crippen molar-refractivity contribution >= 4 is 17.9 Å². The topological polar surface area (TPSA) is 81.9 Å². The quantitative estimate of drug-likeness (QED) is 0.750. The summed E-state index contributed by atoms with van der Waals surface area (Å²) in [4.78, 5) is 26.4. The number of amides is 2. The van der Waals surface area contributed by atoms with Crippen molar-refractivity contribution in [1.29, 1.82) is 0 Å². The van der Waals surface area contributed by atoms with E-state index in [0.717, 1.165) is 10.6 Å². The maximum atomic E-state index is 11.3. The van der Waals surface area contributed by atoms with Crippen molar-refractivity contribution in [2.45, 2.75) is 6.61 Å². The molecule has 6 heteroatoms. The molecular weight excluding hydrogens is 200 g/mol.